The summed E-state index contributed by atoms with van der Waals surface area (Å²) in [6.07, 6.45) is -0.135. The number of para-hydroxylation sites is 1. The molecule has 0 bridgehead atoms. The van der Waals surface area contributed by atoms with Gasteiger partial charge in [0, 0.05) is 31.4 Å². The monoisotopic (exact) mass is 431 g/mol. The Balaban J connectivity index is 2.23. The number of halogens is 1. The van der Waals surface area contributed by atoms with Crippen molar-refractivity contribution in [1.29, 1.82) is 0 Å². The van der Waals surface area contributed by atoms with Crippen LogP contribution in [0.1, 0.15) is 18.1 Å². The number of nitrogens with zero attached hydrogens (tertiary/aromatic N) is 1. The summed E-state index contributed by atoms with van der Waals surface area (Å²) in [6.45, 7) is 1.23. The fourth-order valence-electron chi connectivity index (χ4n) is 3.00. The van der Waals surface area contributed by atoms with Crippen molar-refractivity contribution in [3.8, 4) is 0 Å². The first-order valence-electron chi connectivity index (χ1n) is 9.33. The molecular weight excluding hydrogens is 409 g/mol. The predicted octanol–water partition coefficient (Wildman–Crippen LogP) is 1.68. The lowest BCUT2D eigenvalue weighted by Crippen LogP contribution is -2.53. The Hall–Kier alpha value is -3.82. The summed E-state index contributed by atoms with van der Waals surface area (Å²) in [6, 6.07) is 8.96. The minimum absolute atomic E-state index is 0.0467. The van der Waals surface area contributed by atoms with E-state index in [4.69, 9.17) is 4.74 Å². The molecule has 31 heavy (non-hydrogen) atoms. The third-order valence-electron chi connectivity index (χ3n) is 4.46. The van der Waals surface area contributed by atoms with E-state index in [-0.39, 0.29) is 24.1 Å². The summed E-state index contributed by atoms with van der Waals surface area (Å²) in [5, 5.41) is 16.2. The second kappa shape index (κ2) is 10.8. The highest BCUT2D eigenvalue weighted by atomic mass is 19.1. The number of methoxy groups -OCH3 is 1. The molecule has 0 aromatic heterocycles. The summed E-state index contributed by atoms with van der Waals surface area (Å²) in [5.74, 6) is -2.40. The molecule has 9 nitrogen and oxygen atoms in total. The first kappa shape index (κ1) is 23.5. The highest BCUT2D eigenvalue weighted by Gasteiger charge is 2.29. The van der Waals surface area contributed by atoms with Gasteiger partial charge in [-0.2, -0.15) is 0 Å². The van der Waals surface area contributed by atoms with E-state index in [0.29, 0.717) is 5.56 Å². The molecule has 0 fully saturated rings. The van der Waals surface area contributed by atoms with E-state index in [1.165, 1.54) is 49.4 Å². The van der Waals surface area contributed by atoms with Crippen molar-refractivity contribution in [3.63, 3.8) is 0 Å². The average molecular weight is 431 g/mol. The zero-order valence-electron chi connectivity index (χ0n) is 17.0. The molecule has 0 aliphatic carbocycles. The maximum atomic E-state index is 13.1. The zero-order valence-corrected chi connectivity index (χ0v) is 17.0. The van der Waals surface area contributed by atoms with E-state index in [9.17, 15) is 28.9 Å². The first-order valence-corrected chi connectivity index (χ1v) is 9.33. The third-order valence-corrected chi connectivity index (χ3v) is 4.46. The first-order chi connectivity index (χ1) is 14.7. The van der Waals surface area contributed by atoms with Crippen molar-refractivity contribution in [2.75, 3.05) is 7.11 Å². The molecule has 2 atom stereocenters. The summed E-state index contributed by atoms with van der Waals surface area (Å²) in [7, 11) is 1.13. The SMILES string of the molecule is COC(=O)[C@@H](Cc1ccccc1[N+](=O)[O-])NC(=O)[C@H](Cc1ccc(F)cc1)NC(C)=O. The van der Waals surface area contributed by atoms with Gasteiger partial charge < -0.3 is 15.4 Å². The maximum Gasteiger partial charge on any atom is 0.328 e. The van der Waals surface area contributed by atoms with Crippen LogP contribution in [0.3, 0.4) is 0 Å². The van der Waals surface area contributed by atoms with E-state index in [2.05, 4.69) is 10.6 Å². The molecule has 0 aliphatic heterocycles. The lowest BCUT2D eigenvalue weighted by Gasteiger charge is -2.22. The number of hydrogen-bond donors (Lipinski definition) is 2. The van der Waals surface area contributed by atoms with Crippen LogP contribution in [0.4, 0.5) is 10.1 Å². The minimum Gasteiger partial charge on any atom is -0.467 e. The van der Waals surface area contributed by atoms with Crippen molar-refractivity contribution < 1.29 is 28.4 Å². The van der Waals surface area contributed by atoms with Crippen LogP contribution in [0.2, 0.25) is 0 Å². The van der Waals surface area contributed by atoms with Crippen LogP contribution in [0.5, 0.6) is 0 Å². The standard InChI is InChI=1S/C21H22FN3O6/c1-13(26)23-17(11-14-7-9-16(22)10-8-14)20(27)24-18(21(28)31-2)12-15-5-3-4-6-19(15)25(29)30/h3-10,17-18H,11-12H2,1-2H3,(H,23,26)(H,24,27)/t17-,18+/m0/s1. The van der Waals surface area contributed by atoms with Crippen molar-refractivity contribution in [1.82, 2.24) is 10.6 Å². The second-order valence-corrected chi connectivity index (χ2v) is 6.76. The highest BCUT2D eigenvalue weighted by molar-refractivity contribution is 5.90. The molecule has 0 saturated heterocycles. The van der Waals surface area contributed by atoms with Gasteiger partial charge in [-0.15, -0.1) is 0 Å². The van der Waals surface area contributed by atoms with Gasteiger partial charge in [0.15, 0.2) is 0 Å². The Kier molecular flexibility index (Phi) is 8.18. The lowest BCUT2D eigenvalue weighted by atomic mass is 10.0. The fraction of sp³-hybridized carbons (Fsp3) is 0.286. The van der Waals surface area contributed by atoms with Gasteiger partial charge >= 0.3 is 5.97 Å². The summed E-state index contributed by atoms with van der Waals surface area (Å²) >= 11 is 0. The number of benzene rings is 2. The van der Waals surface area contributed by atoms with Gasteiger partial charge in [-0.3, -0.25) is 19.7 Å². The molecule has 0 radical (unpaired) electrons. The molecule has 0 unspecified atom stereocenters. The smallest absolute Gasteiger partial charge is 0.328 e. The van der Waals surface area contributed by atoms with E-state index in [0.717, 1.165) is 7.11 Å². The van der Waals surface area contributed by atoms with Crippen LogP contribution in [0.15, 0.2) is 48.5 Å². The molecule has 2 rings (SSSR count). The van der Waals surface area contributed by atoms with Gasteiger partial charge in [-0.1, -0.05) is 30.3 Å². The normalized spacial score (nSPS) is 12.4. The van der Waals surface area contributed by atoms with Gasteiger partial charge in [0.1, 0.15) is 17.9 Å². The van der Waals surface area contributed by atoms with Gasteiger partial charge in [0.25, 0.3) is 5.69 Å². The fourth-order valence-corrected chi connectivity index (χ4v) is 3.00. The Labute approximate surface area is 177 Å². The molecule has 0 saturated carbocycles. The summed E-state index contributed by atoms with van der Waals surface area (Å²) in [4.78, 5) is 47.3. The van der Waals surface area contributed by atoms with Gasteiger partial charge in [-0.05, 0) is 17.7 Å². The van der Waals surface area contributed by atoms with Gasteiger partial charge in [0.05, 0.1) is 12.0 Å². The number of ether oxygens (including phenoxy) is 1. The largest absolute Gasteiger partial charge is 0.467 e. The molecule has 2 aromatic carbocycles. The highest BCUT2D eigenvalue weighted by Crippen LogP contribution is 2.19. The van der Waals surface area contributed by atoms with E-state index >= 15 is 0 Å². The summed E-state index contributed by atoms with van der Waals surface area (Å²) < 4.78 is 17.9. The number of carbonyl (C=O) groups excluding carboxylic acids is 3. The molecule has 0 spiro atoms. The van der Waals surface area contributed by atoms with Crippen molar-refractivity contribution in [2.24, 2.45) is 0 Å². The Morgan fingerprint density at radius 2 is 1.68 bits per heavy atom. The Morgan fingerprint density at radius 1 is 1.03 bits per heavy atom. The van der Waals surface area contributed by atoms with Crippen LogP contribution in [-0.4, -0.2) is 41.9 Å². The van der Waals surface area contributed by atoms with Gasteiger partial charge in [-0.25, -0.2) is 9.18 Å². The number of rotatable bonds is 9. The Bertz CT molecular complexity index is 964. The molecule has 2 amide bonds. The number of amides is 2. The third kappa shape index (κ3) is 6.88. The molecule has 2 N–H and O–H groups in total. The topological polar surface area (TPSA) is 128 Å². The second-order valence-electron chi connectivity index (χ2n) is 6.76. The number of esters is 1. The minimum atomic E-state index is -1.22. The molecule has 2 aromatic rings. The predicted molar refractivity (Wildman–Crippen MR) is 108 cm³/mol. The molecular formula is C21H22FN3O6. The molecule has 0 aliphatic rings. The average Bonchev–Trinajstić information content (AvgIpc) is 2.73. The van der Waals surface area contributed by atoms with Crippen LogP contribution in [0, 0.1) is 15.9 Å². The van der Waals surface area contributed by atoms with Crippen LogP contribution < -0.4 is 10.6 Å². The van der Waals surface area contributed by atoms with E-state index in [1.54, 1.807) is 6.07 Å². The summed E-state index contributed by atoms with van der Waals surface area (Å²) in [5.41, 5.74) is 0.622. The van der Waals surface area contributed by atoms with Crippen molar-refractivity contribution >= 4 is 23.5 Å². The number of nitro benzene ring substituents is 1. The molecule has 10 heteroatoms. The molecule has 164 valence electrons. The Morgan fingerprint density at radius 3 is 2.26 bits per heavy atom. The van der Waals surface area contributed by atoms with Gasteiger partial charge in [0.2, 0.25) is 11.8 Å². The van der Waals surface area contributed by atoms with Crippen LogP contribution >= 0.6 is 0 Å². The number of carbonyl (C=O) groups is 3. The van der Waals surface area contributed by atoms with Crippen molar-refractivity contribution in [2.45, 2.75) is 31.8 Å². The quantitative estimate of drug-likeness (QED) is 0.353. The number of hydrogen-bond acceptors (Lipinski definition) is 6. The van der Waals surface area contributed by atoms with E-state index in [1.807, 2.05) is 0 Å². The zero-order chi connectivity index (χ0) is 23.0. The lowest BCUT2D eigenvalue weighted by molar-refractivity contribution is -0.385. The number of nitrogens with one attached hydrogen (secondary N) is 2. The molecule has 0 heterocycles. The van der Waals surface area contributed by atoms with Crippen molar-refractivity contribution in [3.05, 3.63) is 75.6 Å². The van der Waals surface area contributed by atoms with Crippen LogP contribution in [0.25, 0.3) is 0 Å². The van der Waals surface area contributed by atoms with Crippen LogP contribution in [-0.2, 0) is 32.0 Å². The number of nitro groups is 1. The maximum absolute atomic E-state index is 13.1. The van der Waals surface area contributed by atoms with E-state index < -0.39 is 40.6 Å².